The van der Waals surface area contributed by atoms with Gasteiger partial charge < -0.3 is 48.2 Å². The molecule has 0 radical (unpaired) electrons. The van der Waals surface area contributed by atoms with E-state index in [9.17, 15) is 47.9 Å². The van der Waals surface area contributed by atoms with Crippen molar-refractivity contribution in [3.05, 3.63) is 0 Å². The molecule has 0 aromatic heterocycles. The molecule has 0 N–H and O–H groups in total. The lowest BCUT2D eigenvalue weighted by molar-refractivity contribution is -0.149. The minimum Gasteiger partial charge on any atom is -0.465 e. The van der Waals surface area contributed by atoms with E-state index in [-0.39, 0.29) is 89.0 Å². The van der Waals surface area contributed by atoms with Gasteiger partial charge in [0.15, 0.2) is 0 Å². The number of esters is 5. The molecule has 610 valence electrons. The minimum atomic E-state index is -0.243. The summed E-state index contributed by atoms with van der Waals surface area (Å²) >= 11 is 0. The van der Waals surface area contributed by atoms with Crippen LogP contribution in [0.2, 0.25) is 0 Å². The number of hydrogen-bond donors (Lipinski definition) is 0. The van der Waals surface area contributed by atoms with Crippen molar-refractivity contribution in [3.8, 4) is 0 Å². The summed E-state index contributed by atoms with van der Waals surface area (Å²) in [5.74, 6) is -1.67. The Balaban J connectivity index is 0.000000657. The molecule has 5 aliphatic rings. The number of amides is 5. The summed E-state index contributed by atoms with van der Waals surface area (Å²) < 4.78 is 25.7. The van der Waals surface area contributed by atoms with E-state index in [1.165, 1.54) is 193 Å². The number of carbonyl (C=O) groups excluding carboxylic acids is 10. The maximum Gasteiger partial charge on any atom is 0.311 e. The van der Waals surface area contributed by atoms with Crippen molar-refractivity contribution < 1.29 is 71.6 Å². The summed E-state index contributed by atoms with van der Waals surface area (Å²) in [4.78, 5) is 127. The Morgan fingerprint density at radius 3 is 0.486 bits per heavy atom. The Morgan fingerprint density at radius 2 is 0.352 bits per heavy atom. The van der Waals surface area contributed by atoms with Crippen LogP contribution in [-0.2, 0) is 71.6 Å². The Labute approximate surface area is 638 Å². The predicted octanol–water partition coefficient (Wildman–Crippen LogP) is 17.7. The zero-order chi connectivity index (χ0) is 77.5. The van der Waals surface area contributed by atoms with Crippen molar-refractivity contribution in [2.75, 3.05) is 98.5 Å². The van der Waals surface area contributed by atoms with Crippen LogP contribution < -0.4 is 0 Å². The molecule has 105 heavy (non-hydrogen) atoms. The van der Waals surface area contributed by atoms with Gasteiger partial charge in [-0.05, 0) is 64.2 Å². The molecule has 20 nitrogen and oxygen atoms in total. The third kappa shape index (κ3) is 47.3. The largest absolute Gasteiger partial charge is 0.465 e. The van der Waals surface area contributed by atoms with Gasteiger partial charge in [0.1, 0.15) is 0 Å². The first-order valence-electron chi connectivity index (χ1n) is 43.2. The second-order valence-corrected chi connectivity index (χ2v) is 30.1. The van der Waals surface area contributed by atoms with Crippen molar-refractivity contribution in [1.82, 2.24) is 24.5 Å². The highest BCUT2D eigenvalue weighted by molar-refractivity contribution is 5.89. The highest BCUT2D eigenvalue weighted by atomic mass is 16.5. The smallest absolute Gasteiger partial charge is 0.311 e. The van der Waals surface area contributed by atoms with Crippen LogP contribution in [-0.4, -0.2) is 182 Å². The molecule has 0 saturated carbocycles. The molecular weight excluding hydrogens is 1330 g/mol. The minimum absolute atomic E-state index is 0.105. The van der Waals surface area contributed by atoms with Gasteiger partial charge in [-0.3, -0.25) is 47.9 Å². The van der Waals surface area contributed by atoms with E-state index >= 15 is 0 Å². The molecular formula is C85H155N5O15. The number of ether oxygens (including phenoxy) is 5. The fourth-order valence-electron chi connectivity index (χ4n) is 13.6. The van der Waals surface area contributed by atoms with Crippen molar-refractivity contribution in [1.29, 1.82) is 0 Å². The summed E-state index contributed by atoms with van der Waals surface area (Å²) in [6.07, 6.45) is 49.4. The lowest BCUT2D eigenvalue weighted by Crippen LogP contribution is -2.27. The Hall–Kier alpha value is -5.30. The van der Waals surface area contributed by atoms with Crippen molar-refractivity contribution in [2.24, 2.45) is 29.6 Å². The van der Waals surface area contributed by atoms with Crippen molar-refractivity contribution in [3.63, 3.8) is 0 Å². The summed E-state index contributed by atoms with van der Waals surface area (Å²) in [6.45, 7) is 30.0. The predicted molar refractivity (Wildman–Crippen MR) is 420 cm³/mol. The van der Waals surface area contributed by atoms with E-state index in [4.69, 9.17) is 23.7 Å². The van der Waals surface area contributed by atoms with Crippen molar-refractivity contribution >= 4 is 59.4 Å². The molecule has 20 heteroatoms. The molecule has 5 aliphatic heterocycles. The number of carbonyl (C=O) groups is 10. The molecule has 5 unspecified atom stereocenters. The third-order valence-corrected chi connectivity index (χ3v) is 20.1. The lowest BCUT2D eigenvalue weighted by Gasteiger charge is -2.16. The van der Waals surface area contributed by atoms with E-state index in [0.29, 0.717) is 97.9 Å². The number of nitrogens with zero attached hydrogens (tertiary/aromatic N) is 5. The van der Waals surface area contributed by atoms with Crippen LogP contribution in [0.15, 0.2) is 0 Å². The van der Waals surface area contributed by atoms with Crippen LogP contribution in [0, 0.1) is 29.6 Å². The van der Waals surface area contributed by atoms with Gasteiger partial charge in [-0.15, -0.1) is 0 Å². The van der Waals surface area contributed by atoms with Gasteiger partial charge in [0.25, 0.3) is 0 Å². The molecule has 0 bridgehead atoms. The first-order valence-corrected chi connectivity index (χ1v) is 43.2. The van der Waals surface area contributed by atoms with E-state index in [1.807, 2.05) is 59.1 Å². The standard InChI is InChI=1S/C19H35NO3.C18H33NO3.C17H31NO3.C16H29NO3.C15H27NO3/c1-3-5-6-7-8-9-10-11-12-13-20-16-17(15-18(20)21)19(22)23-14-4-2;1-3-5-6-7-8-9-10-11-12-19-15-16(14-17(19)20)18(21)22-13-4-2;1-3-5-6-7-8-9-10-11-18-14-15(13-16(18)19)17(20)21-12-4-2;1-3-5-6-7-8-9-10-17-13-14(12-15(17)18)16(19)20-11-4-2;1-3-5-6-7-8-9-16-12-13(11-14(16)17)15(18)19-10-4-2/h17H,3-16H2,1-2H3;16H,3-15H2,1-2H3;15H,3-14H2,1-2H3;14H,3-13H2,1-2H3;13H,3-12H2,1-2H3. The van der Waals surface area contributed by atoms with E-state index in [0.717, 1.165) is 96.9 Å². The number of likely N-dealkylation sites (tertiary alicyclic amines) is 5. The van der Waals surface area contributed by atoms with Gasteiger partial charge in [0, 0.05) is 97.6 Å². The zero-order valence-electron chi connectivity index (χ0n) is 68.7. The fraction of sp³-hybridized carbons (Fsp3) is 0.882. The highest BCUT2D eigenvalue weighted by Crippen LogP contribution is 2.26. The Morgan fingerprint density at radius 1 is 0.219 bits per heavy atom. The molecule has 5 saturated heterocycles. The van der Waals surface area contributed by atoms with Crippen LogP contribution in [0.5, 0.6) is 0 Å². The SMILES string of the molecule is CCCCCCCCCCCN1CC(C(=O)OCCC)CC1=O.CCCCCCCCCCN1CC(C(=O)OCCC)CC1=O.CCCCCCCCCN1CC(C(=O)OCCC)CC1=O.CCCCCCCCN1CC(C(=O)OCCC)CC1=O.CCCCCCCN1CC(C(=O)OCCC)CC1=O. The average Bonchev–Trinajstić information content (AvgIpc) is 1.76. The molecule has 5 atom stereocenters. The Bertz CT molecular complexity index is 2310. The monoisotopic (exact) mass is 1490 g/mol. The molecule has 0 spiro atoms. The van der Waals surface area contributed by atoms with Crippen LogP contribution in [0.3, 0.4) is 0 Å². The lowest BCUT2D eigenvalue weighted by atomic mass is 10.1. The topological polar surface area (TPSA) is 233 Å². The molecule has 0 aliphatic carbocycles. The molecule has 5 rings (SSSR count). The van der Waals surface area contributed by atoms with E-state index in [1.54, 1.807) is 0 Å². The van der Waals surface area contributed by atoms with E-state index < -0.39 is 0 Å². The van der Waals surface area contributed by atoms with Crippen LogP contribution in [0.4, 0.5) is 0 Å². The molecule has 0 aromatic rings. The van der Waals surface area contributed by atoms with Gasteiger partial charge in [-0.2, -0.15) is 0 Å². The van der Waals surface area contributed by atoms with Gasteiger partial charge in [0.05, 0.1) is 62.6 Å². The average molecular weight is 1490 g/mol. The number of rotatable bonds is 55. The second-order valence-electron chi connectivity index (χ2n) is 30.1. The van der Waals surface area contributed by atoms with E-state index in [2.05, 4.69) is 34.6 Å². The zero-order valence-corrected chi connectivity index (χ0v) is 68.7. The summed E-state index contributed by atoms with van der Waals surface area (Å²) in [7, 11) is 0. The highest BCUT2D eigenvalue weighted by Gasteiger charge is 2.39. The second kappa shape index (κ2) is 65.8. The van der Waals surface area contributed by atoms with Gasteiger partial charge in [0.2, 0.25) is 29.5 Å². The Kier molecular flexibility index (Phi) is 61.2. The fourth-order valence-corrected chi connectivity index (χ4v) is 13.6. The van der Waals surface area contributed by atoms with Gasteiger partial charge in [-0.1, -0.05) is 262 Å². The molecule has 5 fully saturated rings. The normalized spacial score (nSPS) is 18.3. The van der Waals surface area contributed by atoms with Crippen molar-refractivity contribution in [2.45, 2.75) is 358 Å². The molecule has 5 amide bonds. The van der Waals surface area contributed by atoms with Crippen LogP contribution in [0.1, 0.15) is 358 Å². The maximum absolute atomic E-state index is 11.9. The molecule has 0 aromatic carbocycles. The number of unbranched alkanes of at least 4 members (excludes halogenated alkanes) is 30. The maximum atomic E-state index is 11.9. The summed E-state index contributed by atoms with van der Waals surface area (Å²) in [5, 5.41) is 0. The number of hydrogen-bond acceptors (Lipinski definition) is 15. The van der Waals surface area contributed by atoms with Gasteiger partial charge >= 0.3 is 29.8 Å². The quantitative estimate of drug-likeness (QED) is 0.0313. The first kappa shape index (κ1) is 97.7. The summed E-state index contributed by atoms with van der Waals surface area (Å²) in [6, 6.07) is 0. The first-order chi connectivity index (χ1) is 50.9. The summed E-state index contributed by atoms with van der Waals surface area (Å²) in [5.41, 5.74) is 0. The van der Waals surface area contributed by atoms with Gasteiger partial charge in [-0.25, -0.2) is 0 Å². The third-order valence-electron chi connectivity index (χ3n) is 20.1. The molecule has 5 heterocycles. The van der Waals surface area contributed by atoms with Crippen LogP contribution in [0.25, 0.3) is 0 Å². The van der Waals surface area contributed by atoms with Crippen LogP contribution >= 0.6 is 0 Å².